The van der Waals surface area contributed by atoms with Gasteiger partial charge in [0, 0.05) is 18.6 Å². The molecule has 0 radical (unpaired) electrons. The second-order valence-electron chi connectivity index (χ2n) is 11.8. The van der Waals surface area contributed by atoms with E-state index in [2.05, 4.69) is 68.6 Å². The Balaban J connectivity index is 1.52. The van der Waals surface area contributed by atoms with Crippen LogP contribution >= 0.6 is 11.8 Å². The summed E-state index contributed by atoms with van der Waals surface area (Å²) in [7, 11) is 3.15. The monoisotopic (exact) mass is 607 g/mol. The summed E-state index contributed by atoms with van der Waals surface area (Å²) in [6.07, 6.45) is 3.92. The molecular weight excluding hydrogens is 562 g/mol. The van der Waals surface area contributed by atoms with Gasteiger partial charge in [-0.05, 0) is 88.1 Å². The van der Waals surface area contributed by atoms with Crippen LogP contribution in [-0.4, -0.2) is 47.4 Å². The molecular formula is C34H45N3O5S. The van der Waals surface area contributed by atoms with E-state index in [1.54, 1.807) is 26.0 Å². The van der Waals surface area contributed by atoms with Gasteiger partial charge in [0.15, 0.2) is 5.69 Å². The number of aromatic nitrogens is 2. The number of benzene rings is 1. The molecule has 0 bridgehead atoms. The number of anilines is 1. The van der Waals surface area contributed by atoms with Crippen LogP contribution in [0.25, 0.3) is 5.70 Å². The number of hydrogen-bond donors (Lipinski definition) is 2. The van der Waals surface area contributed by atoms with Crippen LogP contribution in [0.4, 0.5) is 5.69 Å². The van der Waals surface area contributed by atoms with Gasteiger partial charge < -0.3 is 29.1 Å². The number of furan rings is 1. The Morgan fingerprint density at radius 1 is 1.05 bits per heavy atom. The van der Waals surface area contributed by atoms with Crippen LogP contribution in [-0.2, 0) is 28.8 Å². The van der Waals surface area contributed by atoms with Gasteiger partial charge in [-0.2, -0.15) is 21.7 Å². The van der Waals surface area contributed by atoms with Crippen molar-refractivity contribution in [1.82, 2.24) is 9.97 Å². The number of aliphatic hydroxyl groups excluding tert-OH is 1. The largest absolute Gasteiger partial charge is 0.479 e. The van der Waals surface area contributed by atoms with Gasteiger partial charge in [0.1, 0.15) is 17.3 Å². The maximum absolute atomic E-state index is 8.98. The Morgan fingerprint density at radius 2 is 1.70 bits per heavy atom. The first-order valence-electron chi connectivity index (χ1n) is 14.6. The summed E-state index contributed by atoms with van der Waals surface area (Å²) < 4.78 is 24.0. The van der Waals surface area contributed by atoms with E-state index in [9.17, 15) is 0 Å². The Hall–Kier alpha value is -3.27. The van der Waals surface area contributed by atoms with Crippen molar-refractivity contribution in [3.05, 3.63) is 82.1 Å². The normalized spacial score (nSPS) is 15.3. The average molecular weight is 608 g/mol. The summed E-state index contributed by atoms with van der Waals surface area (Å²) in [6, 6.07) is 8.50. The third-order valence-corrected chi connectivity index (χ3v) is 8.61. The van der Waals surface area contributed by atoms with Crippen LogP contribution in [0.1, 0.15) is 80.6 Å². The molecule has 3 heterocycles. The van der Waals surface area contributed by atoms with Crippen molar-refractivity contribution in [1.29, 1.82) is 0 Å². The molecule has 0 aliphatic carbocycles. The van der Waals surface area contributed by atoms with E-state index in [0.29, 0.717) is 41.9 Å². The first-order chi connectivity index (χ1) is 20.4. The minimum Gasteiger partial charge on any atom is -0.479 e. The van der Waals surface area contributed by atoms with Crippen molar-refractivity contribution in [2.24, 2.45) is 0 Å². The van der Waals surface area contributed by atoms with Crippen molar-refractivity contribution < 1.29 is 23.7 Å². The Kier molecular flexibility index (Phi) is 10.3. The van der Waals surface area contributed by atoms with Gasteiger partial charge in [-0.1, -0.05) is 30.4 Å². The molecule has 0 saturated carbocycles. The highest BCUT2D eigenvalue weighted by Crippen LogP contribution is 2.47. The standard InChI is InChI=1S/C34H45N3O5S/c1-10-27(35-30-31(39-8)36-29(37-32(30)40-9)17-21(2)13-15-43-16-14-38)28-12-11-24(41-28)19-23-20-26-25(18-22(23)3)33(4,5)42-34(26,6)7/h10-12,18,20,35,38H,2,13-17,19H2,1,3-9H3/b27-10-. The number of nitrogens with zero attached hydrogens (tertiary/aromatic N) is 2. The van der Waals surface area contributed by atoms with Gasteiger partial charge in [0.2, 0.25) is 11.8 Å². The summed E-state index contributed by atoms with van der Waals surface area (Å²) in [4.78, 5) is 9.27. The lowest BCUT2D eigenvalue weighted by molar-refractivity contribution is -0.105. The van der Waals surface area contributed by atoms with Crippen LogP contribution in [0.5, 0.6) is 11.8 Å². The number of nitrogens with one attached hydrogen (secondary N) is 1. The van der Waals surface area contributed by atoms with Gasteiger partial charge in [-0.3, -0.25) is 0 Å². The lowest BCUT2D eigenvalue weighted by Gasteiger charge is -2.24. The molecule has 0 spiro atoms. The Morgan fingerprint density at radius 3 is 2.30 bits per heavy atom. The number of rotatable bonds is 14. The first kappa shape index (κ1) is 32.6. The Labute approximate surface area is 260 Å². The number of aliphatic hydroxyl groups is 1. The number of methoxy groups -OCH3 is 2. The minimum absolute atomic E-state index is 0.178. The van der Waals surface area contributed by atoms with E-state index in [1.807, 2.05) is 25.1 Å². The minimum atomic E-state index is -0.347. The Bertz CT molecular complexity index is 1470. The molecule has 0 saturated heterocycles. The second kappa shape index (κ2) is 13.6. The summed E-state index contributed by atoms with van der Waals surface area (Å²) in [5, 5.41) is 12.4. The highest BCUT2D eigenvalue weighted by atomic mass is 32.2. The molecule has 9 heteroatoms. The van der Waals surface area contributed by atoms with Crippen molar-refractivity contribution in [2.45, 2.75) is 72.0 Å². The van der Waals surface area contributed by atoms with Crippen molar-refractivity contribution >= 4 is 23.1 Å². The van der Waals surface area contributed by atoms with Gasteiger partial charge in [0.05, 0.1) is 37.7 Å². The molecule has 1 aliphatic heterocycles. The molecule has 0 unspecified atom stereocenters. The fourth-order valence-electron chi connectivity index (χ4n) is 5.54. The van der Waals surface area contributed by atoms with Crippen molar-refractivity contribution in [3.8, 4) is 11.8 Å². The molecule has 0 atom stereocenters. The molecule has 43 heavy (non-hydrogen) atoms. The molecule has 1 aliphatic rings. The van der Waals surface area contributed by atoms with Crippen LogP contribution in [0.2, 0.25) is 0 Å². The predicted octanol–water partition coefficient (Wildman–Crippen LogP) is 7.17. The summed E-state index contributed by atoms with van der Waals surface area (Å²) in [5.41, 5.74) is 6.51. The number of aryl methyl sites for hydroxylation is 1. The van der Waals surface area contributed by atoms with E-state index in [-0.39, 0.29) is 17.8 Å². The zero-order valence-corrected chi connectivity index (χ0v) is 27.5. The van der Waals surface area contributed by atoms with Gasteiger partial charge >= 0.3 is 0 Å². The molecule has 2 N–H and O–H groups in total. The third kappa shape index (κ3) is 7.45. The summed E-state index contributed by atoms with van der Waals surface area (Å²) >= 11 is 1.69. The second-order valence-corrected chi connectivity index (χ2v) is 13.0. The fraction of sp³-hybridized carbons (Fsp3) is 0.471. The SMILES string of the molecule is C=C(CCSCCO)Cc1nc(OC)c(N/C(=C\C)c2ccc(Cc3cc4c(cc3C)C(C)(C)OC4(C)C)o2)c(OC)n1. The number of fused-ring (bicyclic) bond motifs is 1. The van der Waals surface area contributed by atoms with Gasteiger partial charge in [0.25, 0.3) is 0 Å². The van der Waals surface area contributed by atoms with Crippen molar-refractivity contribution in [3.63, 3.8) is 0 Å². The molecule has 0 amide bonds. The number of allylic oxidation sites excluding steroid dienone is 2. The van der Waals surface area contributed by atoms with Gasteiger partial charge in [-0.15, -0.1) is 0 Å². The highest BCUT2D eigenvalue weighted by molar-refractivity contribution is 7.99. The molecule has 1 aromatic carbocycles. The lowest BCUT2D eigenvalue weighted by Crippen LogP contribution is -2.22. The van der Waals surface area contributed by atoms with E-state index >= 15 is 0 Å². The molecule has 0 fully saturated rings. The first-order valence-corrected chi connectivity index (χ1v) is 15.8. The lowest BCUT2D eigenvalue weighted by atomic mass is 9.86. The van der Waals surface area contributed by atoms with Crippen LogP contribution in [0, 0.1) is 6.92 Å². The molecule has 8 nitrogen and oxygen atoms in total. The smallest absolute Gasteiger partial charge is 0.244 e. The highest BCUT2D eigenvalue weighted by Gasteiger charge is 2.43. The van der Waals surface area contributed by atoms with Crippen LogP contribution < -0.4 is 14.8 Å². The fourth-order valence-corrected chi connectivity index (χ4v) is 6.31. The molecule has 3 aromatic rings. The topological polar surface area (TPSA) is 98.9 Å². The quantitative estimate of drug-likeness (QED) is 0.146. The third-order valence-electron chi connectivity index (χ3n) is 7.64. The maximum Gasteiger partial charge on any atom is 0.244 e. The van der Waals surface area contributed by atoms with Crippen molar-refractivity contribution in [2.75, 3.05) is 37.6 Å². The zero-order valence-electron chi connectivity index (χ0n) is 26.7. The van der Waals surface area contributed by atoms with E-state index in [4.69, 9.17) is 23.7 Å². The van der Waals surface area contributed by atoms with E-state index in [0.717, 1.165) is 35.0 Å². The number of thioether (sulfide) groups is 1. The number of ether oxygens (including phenoxy) is 3. The molecule has 4 rings (SSSR count). The van der Waals surface area contributed by atoms with E-state index < -0.39 is 0 Å². The summed E-state index contributed by atoms with van der Waals surface area (Å²) in [6.45, 7) is 16.9. The average Bonchev–Trinajstić information content (AvgIpc) is 3.48. The molecule has 232 valence electrons. The number of hydrogen-bond acceptors (Lipinski definition) is 9. The predicted molar refractivity (Wildman–Crippen MR) is 174 cm³/mol. The summed E-state index contributed by atoms with van der Waals surface area (Å²) in [5.74, 6) is 4.46. The maximum atomic E-state index is 8.98. The van der Waals surface area contributed by atoms with Crippen LogP contribution in [0.3, 0.4) is 0 Å². The zero-order chi connectivity index (χ0) is 31.4. The van der Waals surface area contributed by atoms with Gasteiger partial charge in [-0.25, -0.2) is 0 Å². The van der Waals surface area contributed by atoms with Crippen LogP contribution in [0.15, 0.2) is 46.9 Å². The van der Waals surface area contributed by atoms with E-state index in [1.165, 1.54) is 22.3 Å². The molecule has 2 aromatic heterocycles.